The van der Waals surface area contributed by atoms with E-state index in [4.69, 9.17) is 4.74 Å². The minimum atomic E-state index is -0.0640. The number of benzene rings is 1. The molecule has 1 aliphatic rings. The van der Waals surface area contributed by atoms with Gasteiger partial charge in [0, 0.05) is 19.3 Å². The minimum Gasteiger partial charge on any atom is -0.396 e. The summed E-state index contributed by atoms with van der Waals surface area (Å²) in [5, 5.41) is 9.44. The van der Waals surface area contributed by atoms with Crippen molar-refractivity contribution in [2.45, 2.75) is 19.8 Å². The van der Waals surface area contributed by atoms with Crippen molar-refractivity contribution in [2.24, 2.45) is 5.41 Å². The summed E-state index contributed by atoms with van der Waals surface area (Å²) in [6.07, 6.45) is 0. The summed E-state index contributed by atoms with van der Waals surface area (Å²) >= 11 is 0. The van der Waals surface area contributed by atoms with Crippen LogP contribution in [0.25, 0.3) is 0 Å². The number of hydrogen-bond acceptors (Lipinski definition) is 3. The molecule has 0 aliphatic carbocycles. The van der Waals surface area contributed by atoms with Crippen LogP contribution in [-0.2, 0) is 4.74 Å². The Morgan fingerprint density at radius 1 is 1.28 bits per heavy atom. The fraction of sp³-hybridized carbons (Fsp3) is 0.600. The van der Waals surface area contributed by atoms with Crippen LogP contribution in [0.2, 0.25) is 0 Å². The zero-order valence-corrected chi connectivity index (χ0v) is 11.5. The van der Waals surface area contributed by atoms with E-state index in [1.165, 1.54) is 11.3 Å². The van der Waals surface area contributed by atoms with Crippen molar-refractivity contribution < 1.29 is 9.84 Å². The second-order valence-electron chi connectivity index (χ2n) is 5.75. The third-order valence-corrected chi connectivity index (χ3v) is 3.73. The first-order valence-corrected chi connectivity index (χ1v) is 6.56. The molecule has 3 heteroatoms. The van der Waals surface area contributed by atoms with Gasteiger partial charge in [0.2, 0.25) is 0 Å². The predicted octanol–water partition coefficient (Wildman–Crippen LogP) is 2.26. The van der Waals surface area contributed by atoms with Gasteiger partial charge >= 0.3 is 0 Å². The molecule has 0 saturated carbocycles. The number of ether oxygens (including phenoxy) is 1. The van der Waals surface area contributed by atoms with Crippen molar-refractivity contribution in [3.8, 4) is 0 Å². The van der Waals surface area contributed by atoms with Gasteiger partial charge in [0.1, 0.15) is 0 Å². The van der Waals surface area contributed by atoms with Crippen LogP contribution in [0.15, 0.2) is 24.3 Å². The molecule has 1 aromatic rings. The van der Waals surface area contributed by atoms with E-state index < -0.39 is 0 Å². The van der Waals surface area contributed by atoms with E-state index >= 15 is 0 Å². The SMILES string of the molecule is CC(C)c1ccc(N(C)CC2(CO)COC2)cc1. The Kier molecular flexibility index (Phi) is 3.93. The summed E-state index contributed by atoms with van der Waals surface area (Å²) in [5.41, 5.74) is 2.49. The number of nitrogens with zero attached hydrogens (tertiary/aromatic N) is 1. The third-order valence-electron chi connectivity index (χ3n) is 3.73. The molecule has 0 radical (unpaired) electrons. The van der Waals surface area contributed by atoms with E-state index in [-0.39, 0.29) is 12.0 Å². The first kappa shape index (κ1) is 13.4. The maximum absolute atomic E-state index is 9.44. The second kappa shape index (κ2) is 5.29. The first-order chi connectivity index (χ1) is 8.56. The second-order valence-corrected chi connectivity index (χ2v) is 5.75. The van der Waals surface area contributed by atoms with Crippen LogP contribution in [0.4, 0.5) is 5.69 Å². The van der Waals surface area contributed by atoms with Crippen molar-refractivity contribution in [2.75, 3.05) is 38.3 Å². The van der Waals surface area contributed by atoms with Crippen LogP contribution in [0.3, 0.4) is 0 Å². The van der Waals surface area contributed by atoms with Crippen molar-refractivity contribution in [3.63, 3.8) is 0 Å². The number of hydrogen-bond donors (Lipinski definition) is 1. The molecular formula is C15H23NO2. The highest BCUT2D eigenvalue weighted by Crippen LogP contribution is 2.29. The summed E-state index contributed by atoms with van der Waals surface area (Å²) < 4.78 is 5.23. The van der Waals surface area contributed by atoms with Crippen molar-refractivity contribution in [3.05, 3.63) is 29.8 Å². The molecule has 100 valence electrons. The minimum absolute atomic E-state index is 0.0640. The van der Waals surface area contributed by atoms with Gasteiger partial charge in [-0.05, 0) is 23.6 Å². The van der Waals surface area contributed by atoms with Crippen LogP contribution in [0.5, 0.6) is 0 Å². The van der Waals surface area contributed by atoms with Crippen molar-refractivity contribution in [1.29, 1.82) is 0 Å². The summed E-state index contributed by atoms with van der Waals surface area (Å²) in [7, 11) is 2.07. The first-order valence-electron chi connectivity index (χ1n) is 6.56. The number of aliphatic hydroxyl groups excluding tert-OH is 1. The standard InChI is InChI=1S/C15H23NO2/c1-12(2)13-4-6-14(7-5-13)16(3)8-15(9-17)10-18-11-15/h4-7,12,17H,8-11H2,1-3H3. The molecule has 18 heavy (non-hydrogen) atoms. The molecule has 0 spiro atoms. The molecule has 1 heterocycles. The van der Waals surface area contributed by atoms with E-state index in [1.54, 1.807) is 0 Å². The van der Waals surface area contributed by atoms with E-state index in [9.17, 15) is 5.11 Å². The zero-order chi connectivity index (χ0) is 13.2. The van der Waals surface area contributed by atoms with E-state index in [2.05, 4.69) is 50.1 Å². The Hall–Kier alpha value is -1.06. The summed E-state index contributed by atoms with van der Waals surface area (Å²) in [6.45, 7) is 6.76. The smallest absolute Gasteiger partial charge is 0.0584 e. The monoisotopic (exact) mass is 249 g/mol. The molecule has 1 saturated heterocycles. The van der Waals surface area contributed by atoms with Crippen LogP contribution >= 0.6 is 0 Å². The lowest BCUT2D eigenvalue weighted by molar-refractivity contribution is -0.130. The topological polar surface area (TPSA) is 32.7 Å². The predicted molar refractivity (Wildman–Crippen MR) is 74.1 cm³/mol. The molecule has 2 rings (SSSR count). The van der Waals surface area contributed by atoms with Gasteiger partial charge in [-0.2, -0.15) is 0 Å². The molecule has 0 atom stereocenters. The molecule has 1 N–H and O–H groups in total. The maximum Gasteiger partial charge on any atom is 0.0584 e. The Bertz CT molecular complexity index is 376. The molecule has 0 aromatic heterocycles. The van der Waals surface area contributed by atoms with Crippen LogP contribution < -0.4 is 4.90 Å². The molecule has 0 unspecified atom stereocenters. The average Bonchev–Trinajstić information content (AvgIpc) is 2.33. The van der Waals surface area contributed by atoms with Crippen LogP contribution in [0.1, 0.15) is 25.3 Å². The van der Waals surface area contributed by atoms with E-state index in [0.717, 1.165) is 6.54 Å². The number of aliphatic hydroxyl groups is 1. The van der Waals surface area contributed by atoms with Gasteiger partial charge in [0.25, 0.3) is 0 Å². The normalized spacial score (nSPS) is 17.6. The van der Waals surface area contributed by atoms with Crippen molar-refractivity contribution in [1.82, 2.24) is 0 Å². The summed E-state index contributed by atoms with van der Waals surface area (Å²) in [6, 6.07) is 8.67. The highest BCUT2D eigenvalue weighted by atomic mass is 16.5. The van der Waals surface area contributed by atoms with Crippen LogP contribution in [-0.4, -0.2) is 38.5 Å². The summed E-state index contributed by atoms with van der Waals surface area (Å²) in [5.74, 6) is 0.563. The summed E-state index contributed by atoms with van der Waals surface area (Å²) in [4.78, 5) is 2.20. The third kappa shape index (κ3) is 2.68. The largest absolute Gasteiger partial charge is 0.396 e. The average molecular weight is 249 g/mol. The van der Waals surface area contributed by atoms with Gasteiger partial charge in [0.05, 0.1) is 25.2 Å². The van der Waals surface area contributed by atoms with Gasteiger partial charge in [-0.15, -0.1) is 0 Å². The lowest BCUT2D eigenvalue weighted by Crippen LogP contribution is -2.52. The van der Waals surface area contributed by atoms with Crippen molar-refractivity contribution >= 4 is 5.69 Å². The highest BCUT2D eigenvalue weighted by molar-refractivity contribution is 5.47. The lowest BCUT2D eigenvalue weighted by Gasteiger charge is -2.42. The van der Waals surface area contributed by atoms with Gasteiger partial charge < -0.3 is 14.7 Å². The molecule has 1 aromatic carbocycles. The fourth-order valence-electron chi connectivity index (χ4n) is 2.33. The van der Waals surface area contributed by atoms with Crippen LogP contribution in [0, 0.1) is 5.41 Å². The molecular weight excluding hydrogens is 226 g/mol. The molecule has 1 fully saturated rings. The van der Waals surface area contributed by atoms with Gasteiger partial charge in [-0.25, -0.2) is 0 Å². The van der Waals surface area contributed by atoms with Gasteiger partial charge in [-0.1, -0.05) is 26.0 Å². The Balaban J connectivity index is 2.02. The fourth-order valence-corrected chi connectivity index (χ4v) is 2.33. The van der Waals surface area contributed by atoms with E-state index in [1.807, 2.05) is 0 Å². The zero-order valence-electron chi connectivity index (χ0n) is 11.5. The lowest BCUT2D eigenvalue weighted by atomic mass is 9.86. The van der Waals surface area contributed by atoms with Gasteiger partial charge in [0.15, 0.2) is 0 Å². The quantitative estimate of drug-likeness (QED) is 0.869. The molecule has 3 nitrogen and oxygen atoms in total. The van der Waals surface area contributed by atoms with Gasteiger partial charge in [-0.3, -0.25) is 0 Å². The number of rotatable bonds is 5. The Morgan fingerprint density at radius 2 is 1.89 bits per heavy atom. The molecule has 1 aliphatic heterocycles. The Morgan fingerprint density at radius 3 is 2.28 bits per heavy atom. The maximum atomic E-state index is 9.44. The Labute approximate surface area is 109 Å². The number of anilines is 1. The molecule has 0 bridgehead atoms. The molecule has 0 amide bonds. The van der Waals surface area contributed by atoms with E-state index in [0.29, 0.717) is 19.1 Å². The highest BCUT2D eigenvalue weighted by Gasteiger charge is 2.39.